The van der Waals surface area contributed by atoms with E-state index in [9.17, 15) is 4.79 Å². The van der Waals surface area contributed by atoms with Crippen molar-refractivity contribution in [2.75, 3.05) is 38.9 Å². The molecule has 0 fully saturated rings. The molecular formula is C15H23NO4. The maximum atomic E-state index is 11.8. The van der Waals surface area contributed by atoms with Crippen LogP contribution >= 0.6 is 0 Å². The standard InChI is InChI=1S/C15H23NO4/c1-4-7-20-14-10-12(2)5-6-13(14)16-15(17)11-19-9-8-18-3/h5-6,10H,4,7-9,11H2,1-3H3,(H,16,17). The summed E-state index contributed by atoms with van der Waals surface area (Å²) in [5, 5.41) is 2.79. The number of anilines is 1. The van der Waals surface area contributed by atoms with Gasteiger partial charge in [-0.2, -0.15) is 0 Å². The van der Waals surface area contributed by atoms with Crippen molar-refractivity contribution >= 4 is 11.6 Å². The lowest BCUT2D eigenvalue weighted by Crippen LogP contribution is -2.20. The number of hydrogen-bond acceptors (Lipinski definition) is 4. The molecule has 0 heterocycles. The van der Waals surface area contributed by atoms with E-state index in [1.54, 1.807) is 7.11 Å². The van der Waals surface area contributed by atoms with Gasteiger partial charge in [-0.3, -0.25) is 4.79 Å². The van der Waals surface area contributed by atoms with Crippen LogP contribution in [-0.2, 0) is 14.3 Å². The summed E-state index contributed by atoms with van der Waals surface area (Å²) in [6.07, 6.45) is 0.918. The molecule has 0 aromatic heterocycles. The second-order valence-corrected chi connectivity index (χ2v) is 4.44. The van der Waals surface area contributed by atoms with Gasteiger partial charge in [0.2, 0.25) is 5.91 Å². The fourth-order valence-electron chi connectivity index (χ4n) is 1.56. The van der Waals surface area contributed by atoms with Crippen molar-refractivity contribution < 1.29 is 19.0 Å². The van der Waals surface area contributed by atoms with E-state index in [2.05, 4.69) is 5.32 Å². The number of hydrogen-bond donors (Lipinski definition) is 1. The average molecular weight is 281 g/mol. The molecule has 0 aliphatic heterocycles. The quantitative estimate of drug-likeness (QED) is 0.706. The first kappa shape index (κ1) is 16.5. The Labute approximate surface area is 120 Å². The van der Waals surface area contributed by atoms with Crippen molar-refractivity contribution in [1.29, 1.82) is 0 Å². The number of ether oxygens (including phenoxy) is 3. The lowest BCUT2D eigenvalue weighted by atomic mass is 10.2. The third kappa shape index (κ3) is 6.04. The summed E-state index contributed by atoms with van der Waals surface area (Å²) >= 11 is 0. The van der Waals surface area contributed by atoms with Crippen LogP contribution in [0.15, 0.2) is 18.2 Å². The fraction of sp³-hybridized carbons (Fsp3) is 0.533. The predicted molar refractivity (Wildman–Crippen MR) is 78.3 cm³/mol. The molecule has 5 nitrogen and oxygen atoms in total. The van der Waals surface area contributed by atoms with Crippen LogP contribution in [-0.4, -0.2) is 39.4 Å². The summed E-state index contributed by atoms with van der Waals surface area (Å²) in [7, 11) is 1.59. The van der Waals surface area contributed by atoms with Gasteiger partial charge in [0, 0.05) is 7.11 Å². The molecule has 20 heavy (non-hydrogen) atoms. The van der Waals surface area contributed by atoms with Crippen molar-refractivity contribution in [2.45, 2.75) is 20.3 Å². The van der Waals surface area contributed by atoms with Crippen molar-refractivity contribution in [2.24, 2.45) is 0 Å². The number of benzene rings is 1. The number of aryl methyl sites for hydroxylation is 1. The predicted octanol–water partition coefficient (Wildman–Crippen LogP) is 2.39. The Morgan fingerprint density at radius 3 is 2.75 bits per heavy atom. The van der Waals surface area contributed by atoms with Gasteiger partial charge in [-0.25, -0.2) is 0 Å². The Kier molecular flexibility index (Phi) is 7.69. The average Bonchev–Trinajstić information content (AvgIpc) is 2.44. The maximum Gasteiger partial charge on any atom is 0.250 e. The summed E-state index contributed by atoms with van der Waals surface area (Å²) in [4.78, 5) is 11.8. The van der Waals surface area contributed by atoms with E-state index < -0.39 is 0 Å². The van der Waals surface area contributed by atoms with E-state index in [0.29, 0.717) is 31.3 Å². The highest BCUT2D eigenvalue weighted by atomic mass is 16.5. The normalized spacial score (nSPS) is 10.3. The maximum absolute atomic E-state index is 11.8. The Bertz CT molecular complexity index is 420. The summed E-state index contributed by atoms with van der Waals surface area (Å²) in [5.74, 6) is 0.489. The number of nitrogens with one attached hydrogen (secondary N) is 1. The number of carbonyl (C=O) groups excluding carboxylic acids is 1. The van der Waals surface area contributed by atoms with E-state index in [-0.39, 0.29) is 12.5 Å². The van der Waals surface area contributed by atoms with Gasteiger partial charge >= 0.3 is 0 Å². The first-order valence-corrected chi connectivity index (χ1v) is 6.77. The molecule has 0 aliphatic rings. The monoisotopic (exact) mass is 281 g/mol. The summed E-state index contributed by atoms with van der Waals surface area (Å²) in [5.41, 5.74) is 1.76. The number of rotatable bonds is 9. The lowest BCUT2D eigenvalue weighted by Gasteiger charge is -2.13. The minimum absolute atomic E-state index is 0.00442. The molecule has 1 N–H and O–H groups in total. The topological polar surface area (TPSA) is 56.8 Å². The molecule has 0 spiro atoms. The molecule has 0 saturated carbocycles. The molecular weight excluding hydrogens is 258 g/mol. The van der Waals surface area contributed by atoms with E-state index in [1.165, 1.54) is 0 Å². The minimum Gasteiger partial charge on any atom is -0.491 e. The summed E-state index contributed by atoms with van der Waals surface area (Å²) in [6.45, 7) is 5.52. The van der Waals surface area contributed by atoms with Crippen LogP contribution in [0.4, 0.5) is 5.69 Å². The fourth-order valence-corrected chi connectivity index (χ4v) is 1.56. The first-order chi connectivity index (χ1) is 9.67. The molecule has 1 aromatic carbocycles. The molecule has 5 heteroatoms. The van der Waals surface area contributed by atoms with Gasteiger partial charge in [0.25, 0.3) is 0 Å². The Morgan fingerprint density at radius 1 is 1.25 bits per heavy atom. The smallest absolute Gasteiger partial charge is 0.250 e. The first-order valence-electron chi connectivity index (χ1n) is 6.77. The Morgan fingerprint density at radius 2 is 2.05 bits per heavy atom. The number of amides is 1. The highest BCUT2D eigenvalue weighted by Crippen LogP contribution is 2.25. The van der Waals surface area contributed by atoms with Crippen molar-refractivity contribution in [3.05, 3.63) is 23.8 Å². The molecule has 1 amide bonds. The van der Waals surface area contributed by atoms with Gasteiger partial charge in [0.15, 0.2) is 0 Å². The van der Waals surface area contributed by atoms with E-state index in [4.69, 9.17) is 14.2 Å². The molecule has 1 aromatic rings. The largest absolute Gasteiger partial charge is 0.491 e. The zero-order valence-corrected chi connectivity index (χ0v) is 12.4. The zero-order valence-electron chi connectivity index (χ0n) is 12.4. The molecule has 0 atom stereocenters. The molecule has 0 aliphatic carbocycles. The molecule has 0 unspecified atom stereocenters. The SMILES string of the molecule is CCCOc1cc(C)ccc1NC(=O)COCCOC. The highest BCUT2D eigenvalue weighted by molar-refractivity contribution is 5.93. The van der Waals surface area contributed by atoms with Gasteiger partial charge in [-0.1, -0.05) is 13.0 Å². The highest BCUT2D eigenvalue weighted by Gasteiger charge is 2.08. The van der Waals surface area contributed by atoms with Crippen molar-refractivity contribution in [1.82, 2.24) is 0 Å². The molecule has 0 saturated heterocycles. The Balaban J connectivity index is 2.54. The van der Waals surface area contributed by atoms with E-state index in [0.717, 1.165) is 12.0 Å². The van der Waals surface area contributed by atoms with Crippen LogP contribution in [0.2, 0.25) is 0 Å². The van der Waals surface area contributed by atoms with Crippen molar-refractivity contribution in [3.8, 4) is 5.75 Å². The van der Waals surface area contributed by atoms with Gasteiger partial charge in [0.05, 0.1) is 25.5 Å². The number of methoxy groups -OCH3 is 1. The van der Waals surface area contributed by atoms with Gasteiger partial charge in [-0.05, 0) is 31.0 Å². The molecule has 1 rings (SSSR count). The van der Waals surface area contributed by atoms with Crippen LogP contribution in [0.5, 0.6) is 5.75 Å². The summed E-state index contributed by atoms with van der Waals surface area (Å²) in [6, 6.07) is 5.69. The van der Waals surface area contributed by atoms with E-state index in [1.807, 2.05) is 32.0 Å². The number of carbonyl (C=O) groups is 1. The molecule has 112 valence electrons. The van der Waals surface area contributed by atoms with Gasteiger partial charge in [0.1, 0.15) is 12.4 Å². The summed E-state index contributed by atoms with van der Waals surface area (Å²) < 4.78 is 15.7. The van der Waals surface area contributed by atoms with Crippen LogP contribution in [0.1, 0.15) is 18.9 Å². The third-order valence-corrected chi connectivity index (χ3v) is 2.54. The van der Waals surface area contributed by atoms with E-state index >= 15 is 0 Å². The second kappa shape index (κ2) is 9.34. The lowest BCUT2D eigenvalue weighted by molar-refractivity contribution is -0.121. The minimum atomic E-state index is -0.202. The van der Waals surface area contributed by atoms with Crippen LogP contribution in [0.25, 0.3) is 0 Å². The molecule has 0 bridgehead atoms. The second-order valence-electron chi connectivity index (χ2n) is 4.44. The van der Waals surface area contributed by atoms with Crippen LogP contribution in [0, 0.1) is 6.92 Å². The zero-order chi connectivity index (χ0) is 14.8. The van der Waals surface area contributed by atoms with Crippen molar-refractivity contribution in [3.63, 3.8) is 0 Å². The third-order valence-electron chi connectivity index (χ3n) is 2.54. The Hall–Kier alpha value is -1.59. The molecule has 0 radical (unpaired) electrons. The van der Waals surface area contributed by atoms with Gasteiger partial charge < -0.3 is 19.5 Å². The van der Waals surface area contributed by atoms with Crippen LogP contribution < -0.4 is 10.1 Å². The van der Waals surface area contributed by atoms with Gasteiger partial charge in [-0.15, -0.1) is 0 Å². The van der Waals surface area contributed by atoms with Crippen LogP contribution in [0.3, 0.4) is 0 Å².